The van der Waals surface area contributed by atoms with Gasteiger partial charge < -0.3 is 14.7 Å². The summed E-state index contributed by atoms with van der Waals surface area (Å²) in [5.41, 5.74) is 5.51. The van der Waals surface area contributed by atoms with E-state index in [0.29, 0.717) is 45.6 Å². The summed E-state index contributed by atoms with van der Waals surface area (Å²) in [6.07, 6.45) is 4.61. The van der Waals surface area contributed by atoms with Gasteiger partial charge in [-0.3, -0.25) is 19.5 Å². The minimum Gasteiger partial charge on any atom is -0.343 e. The van der Waals surface area contributed by atoms with Crippen LogP contribution in [0.4, 0.5) is 0 Å². The normalized spacial score (nSPS) is 20.5. The molecule has 1 N–H and O–H groups in total. The third-order valence-corrected chi connectivity index (χ3v) is 8.77. The maximum atomic E-state index is 13.9. The van der Waals surface area contributed by atoms with Gasteiger partial charge in [0.2, 0.25) is 17.7 Å². The van der Waals surface area contributed by atoms with E-state index in [1.165, 1.54) is 5.56 Å². The van der Waals surface area contributed by atoms with E-state index in [1.807, 2.05) is 45.2 Å². The van der Waals surface area contributed by atoms with Crippen molar-refractivity contribution in [1.29, 1.82) is 0 Å². The molecular weight excluding hydrogens is 502 g/mol. The van der Waals surface area contributed by atoms with Crippen LogP contribution in [0, 0.1) is 11.3 Å². The van der Waals surface area contributed by atoms with Crippen molar-refractivity contribution in [2.45, 2.75) is 72.0 Å². The van der Waals surface area contributed by atoms with E-state index in [2.05, 4.69) is 43.1 Å². The van der Waals surface area contributed by atoms with Crippen molar-refractivity contribution >= 4 is 28.6 Å². The number of amides is 3. The van der Waals surface area contributed by atoms with Gasteiger partial charge in [-0.15, -0.1) is 0 Å². The number of H-pyrrole nitrogens is 1. The summed E-state index contributed by atoms with van der Waals surface area (Å²) in [5.74, 6) is -0.116. The van der Waals surface area contributed by atoms with Crippen LogP contribution in [-0.4, -0.2) is 68.3 Å². The predicted molar refractivity (Wildman–Crippen MR) is 153 cm³/mol. The summed E-state index contributed by atoms with van der Waals surface area (Å²) in [6.45, 7) is 9.47. The first-order valence-corrected chi connectivity index (χ1v) is 14.5. The van der Waals surface area contributed by atoms with Gasteiger partial charge >= 0.3 is 0 Å². The summed E-state index contributed by atoms with van der Waals surface area (Å²) >= 11 is 0. The van der Waals surface area contributed by atoms with Gasteiger partial charge in [0.05, 0.1) is 24.1 Å². The van der Waals surface area contributed by atoms with Gasteiger partial charge in [0.1, 0.15) is 0 Å². The Bertz CT molecular complexity index is 1450. The molecule has 8 heteroatoms. The second-order valence-electron chi connectivity index (χ2n) is 13.0. The number of likely N-dealkylation sites (tertiary alicyclic amines) is 1. The van der Waals surface area contributed by atoms with Crippen molar-refractivity contribution in [3.8, 4) is 0 Å². The first kappa shape index (κ1) is 26.5. The number of fused-ring (bicyclic) bond motifs is 4. The molecule has 3 aliphatic rings. The summed E-state index contributed by atoms with van der Waals surface area (Å²) in [7, 11) is 0. The number of nitrogens with zero attached hydrogens (tertiary/aromatic N) is 4. The lowest BCUT2D eigenvalue weighted by molar-refractivity contribution is -0.143. The quantitative estimate of drug-likeness (QED) is 0.539. The molecule has 210 valence electrons. The highest BCUT2D eigenvalue weighted by Gasteiger charge is 2.37. The molecule has 3 aromatic rings. The largest absolute Gasteiger partial charge is 0.343 e. The lowest BCUT2D eigenvalue weighted by atomic mass is 9.91. The van der Waals surface area contributed by atoms with Crippen molar-refractivity contribution in [1.82, 2.24) is 24.9 Å². The maximum Gasteiger partial charge on any atom is 0.227 e. The molecule has 0 spiro atoms. The van der Waals surface area contributed by atoms with Crippen LogP contribution in [0.2, 0.25) is 0 Å². The zero-order chi connectivity index (χ0) is 28.0. The first-order chi connectivity index (χ1) is 19.2. The molecular formula is C32H39N5O3. The molecule has 1 atom stereocenters. The Balaban J connectivity index is 1.14. The molecule has 1 aromatic heterocycles. The Morgan fingerprint density at radius 1 is 1.00 bits per heavy atom. The summed E-state index contributed by atoms with van der Waals surface area (Å²) < 4.78 is 0. The topological polar surface area (TPSA) is 89.6 Å². The van der Waals surface area contributed by atoms with Gasteiger partial charge in [0.15, 0.2) is 0 Å². The highest BCUT2D eigenvalue weighted by Crippen LogP contribution is 2.33. The number of hydrogen-bond acceptors (Lipinski definition) is 4. The van der Waals surface area contributed by atoms with Gasteiger partial charge in [-0.1, -0.05) is 51.1 Å². The van der Waals surface area contributed by atoms with Gasteiger partial charge in [0.25, 0.3) is 0 Å². The van der Waals surface area contributed by atoms with Gasteiger partial charge in [-0.05, 0) is 53.0 Å². The van der Waals surface area contributed by atoms with E-state index in [1.54, 1.807) is 0 Å². The Morgan fingerprint density at radius 3 is 2.50 bits per heavy atom. The zero-order valence-electron chi connectivity index (χ0n) is 23.8. The second-order valence-corrected chi connectivity index (χ2v) is 13.0. The van der Waals surface area contributed by atoms with E-state index < -0.39 is 5.92 Å². The molecule has 0 saturated carbocycles. The molecule has 8 nitrogen and oxygen atoms in total. The summed E-state index contributed by atoms with van der Waals surface area (Å²) in [4.78, 5) is 46.2. The first-order valence-electron chi connectivity index (χ1n) is 14.5. The maximum absolute atomic E-state index is 13.9. The predicted octanol–water partition coefficient (Wildman–Crippen LogP) is 4.08. The van der Waals surface area contributed by atoms with E-state index in [-0.39, 0.29) is 35.6 Å². The van der Waals surface area contributed by atoms with Crippen molar-refractivity contribution in [2.75, 3.05) is 19.6 Å². The number of carbonyl (C=O) groups excluding carboxylic acids is 3. The average Bonchev–Trinajstić information content (AvgIpc) is 3.37. The Morgan fingerprint density at radius 2 is 1.75 bits per heavy atom. The molecule has 2 aromatic carbocycles. The molecule has 3 amide bonds. The highest BCUT2D eigenvalue weighted by molar-refractivity contribution is 5.89. The number of carbonyl (C=O) groups is 3. The van der Waals surface area contributed by atoms with Crippen LogP contribution < -0.4 is 0 Å². The van der Waals surface area contributed by atoms with Crippen molar-refractivity contribution in [3.63, 3.8) is 0 Å². The standard InChI is InChI=1S/C32H39N5O3/c1-32(2,3)20-36-19-27-22(8-9-28-26(27)17-33-34-28)14-24(31(36)40)16-29(38)35-12-10-25(11-13-35)37-18-23-7-5-4-6-21(23)15-30(37)39/h4-9,17,24-25H,10-16,18-20H2,1-3H3,(H,33,34)/t24-/m0/s1. The smallest absolute Gasteiger partial charge is 0.227 e. The minimum absolute atomic E-state index is 0.0377. The summed E-state index contributed by atoms with van der Waals surface area (Å²) in [5, 5.41) is 8.33. The molecule has 4 heterocycles. The van der Waals surface area contributed by atoms with E-state index in [4.69, 9.17) is 0 Å². The Hall–Kier alpha value is -3.68. The zero-order valence-corrected chi connectivity index (χ0v) is 23.8. The second kappa shape index (κ2) is 10.4. The molecule has 1 fully saturated rings. The van der Waals surface area contributed by atoms with Crippen molar-refractivity contribution in [3.05, 3.63) is 64.8 Å². The fourth-order valence-electron chi connectivity index (χ4n) is 6.76. The third-order valence-electron chi connectivity index (χ3n) is 8.77. The van der Waals surface area contributed by atoms with E-state index in [9.17, 15) is 14.4 Å². The number of nitrogens with one attached hydrogen (secondary N) is 1. The monoisotopic (exact) mass is 541 g/mol. The van der Waals surface area contributed by atoms with Crippen LogP contribution in [0.15, 0.2) is 42.6 Å². The van der Waals surface area contributed by atoms with Crippen molar-refractivity contribution < 1.29 is 14.4 Å². The number of rotatable bonds is 4. The van der Waals surface area contributed by atoms with Crippen LogP contribution in [0.3, 0.4) is 0 Å². The molecule has 6 rings (SSSR count). The van der Waals surface area contributed by atoms with Gasteiger partial charge in [0, 0.05) is 50.6 Å². The number of aromatic nitrogens is 2. The third kappa shape index (κ3) is 5.23. The number of benzene rings is 2. The lowest BCUT2D eigenvalue weighted by Gasteiger charge is -2.41. The molecule has 0 radical (unpaired) electrons. The lowest BCUT2D eigenvalue weighted by Crippen LogP contribution is -2.50. The average molecular weight is 542 g/mol. The highest BCUT2D eigenvalue weighted by atomic mass is 16.2. The number of hydrogen-bond donors (Lipinski definition) is 1. The molecule has 0 unspecified atom stereocenters. The molecule has 1 saturated heterocycles. The van der Waals surface area contributed by atoms with Crippen LogP contribution in [-0.2, 0) is 40.3 Å². The Labute approximate surface area is 235 Å². The fourth-order valence-corrected chi connectivity index (χ4v) is 6.76. The van der Waals surface area contributed by atoms with Crippen LogP contribution in [0.1, 0.15) is 62.3 Å². The molecule has 0 aliphatic carbocycles. The van der Waals surface area contributed by atoms with Crippen LogP contribution in [0.5, 0.6) is 0 Å². The summed E-state index contributed by atoms with van der Waals surface area (Å²) in [6, 6.07) is 12.4. The molecule has 0 bridgehead atoms. The van der Waals surface area contributed by atoms with E-state index in [0.717, 1.165) is 40.4 Å². The van der Waals surface area contributed by atoms with Gasteiger partial charge in [-0.2, -0.15) is 5.10 Å². The van der Waals surface area contributed by atoms with E-state index >= 15 is 0 Å². The Kier molecular flexibility index (Phi) is 6.88. The minimum atomic E-state index is -0.390. The number of piperidine rings is 1. The van der Waals surface area contributed by atoms with Crippen LogP contribution in [0.25, 0.3) is 10.9 Å². The molecule has 3 aliphatic heterocycles. The van der Waals surface area contributed by atoms with Crippen LogP contribution >= 0.6 is 0 Å². The van der Waals surface area contributed by atoms with Crippen molar-refractivity contribution in [2.24, 2.45) is 11.3 Å². The van der Waals surface area contributed by atoms with Gasteiger partial charge in [-0.25, -0.2) is 0 Å². The fraction of sp³-hybridized carbons (Fsp3) is 0.500. The SMILES string of the molecule is CC(C)(C)CN1Cc2c(ccc3[nH]ncc23)C[C@@H](CC(=O)N2CCC(N3Cc4ccccc4CC3=O)CC2)C1=O. The molecule has 40 heavy (non-hydrogen) atoms. The number of aromatic amines is 1.